The number of hydrogen-bond acceptors (Lipinski definition) is 2. The minimum Gasteiger partial charge on any atom is -0.349 e. The molecule has 2 atom stereocenters. The molecule has 0 heterocycles. The molecule has 3 nitrogen and oxygen atoms in total. The standard InChI is InChI=1S/C21H29ClN2O/c1-13(18-5-3-4-6-19(18)22)23-14(2)20(25)24-21-10-15-7-16(11-21)9-17(8-15)12-21/h3-6,13-17,23H,7-12H2,1-2H3,(H,24,25)/t13-,14+,15?,16?,17?,21?/m0/s1. The molecule has 4 aliphatic rings. The Bertz CT molecular complexity index is 624. The first-order chi connectivity index (χ1) is 11.9. The Morgan fingerprint density at radius 3 is 2.20 bits per heavy atom. The Morgan fingerprint density at radius 1 is 1.08 bits per heavy atom. The summed E-state index contributed by atoms with van der Waals surface area (Å²) in [5.41, 5.74) is 1.12. The van der Waals surface area contributed by atoms with Crippen molar-refractivity contribution < 1.29 is 4.79 Å². The molecular formula is C21H29ClN2O. The van der Waals surface area contributed by atoms with Gasteiger partial charge < -0.3 is 5.32 Å². The van der Waals surface area contributed by atoms with Crippen molar-refractivity contribution in [2.24, 2.45) is 17.8 Å². The highest BCUT2D eigenvalue weighted by Gasteiger charge is 2.51. The van der Waals surface area contributed by atoms with Gasteiger partial charge in [-0.05, 0) is 81.8 Å². The maximum absolute atomic E-state index is 12.9. The highest BCUT2D eigenvalue weighted by Crippen LogP contribution is 2.55. The van der Waals surface area contributed by atoms with Crippen LogP contribution in [0.3, 0.4) is 0 Å². The van der Waals surface area contributed by atoms with E-state index in [4.69, 9.17) is 11.6 Å². The van der Waals surface area contributed by atoms with Gasteiger partial charge in [0.15, 0.2) is 0 Å². The lowest BCUT2D eigenvalue weighted by molar-refractivity contribution is -0.128. The van der Waals surface area contributed by atoms with E-state index in [1.807, 2.05) is 31.2 Å². The Hall–Kier alpha value is -1.06. The van der Waals surface area contributed by atoms with E-state index in [9.17, 15) is 4.79 Å². The molecule has 0 saturated heterocycles. The molecule has 0 spiro atoms. The first kappa shape index (κ1) is 17.4. The van der Waals surface area contributed by atoms with Gasteiger partial charge >= 0.3 is 0 Å². The zero-order valence-electron chi connectivity index (χ0n) is 15.2. The number of rotatable bonds is 5. The van der Waals surface area contributed by atoms with Crippen LogP contribution in [0.1, 0.15) is 64.0 Å². The largest absolute Gasteiger partial charge is 0.349 e. The third kappa shape index (κ3) is 3.46. The van der Waals surface area contributed by atoms with Crippen LogP contribution >= 0.6 is 11.6 Å². The number of hydrogen-bond donors (Lipinski definition) is 2. The van der Waals surface area contributed by atoms with Crippen molar-refractivity contribution in [2.75, 3.05) is 0 Å². The summed E-state index contributed by atoms with van der Waals surface area (Å²) in [7, 11) is 0. The normalized spacial score (nSPS) is 35.4. The van der Waals surface area contributed by atoms with Crippen molar-refractivity contribution in [3.63, 3.8) is 0 Å². The van der Waals surface area contributed by atoms with Crippen LogP contribution in [-0.4, -0.2) is 17.5 Å². The maximum atomic E-state index is 12.9. The molecular weight excluding hydrogens is 332 g/mol. The quantitative estimate of drug-likeness (QED) is 0.813. The SMILES string of the molecule is C[C@H](N[C@H](C)C(=O)NC12CC3CC(CC(C3)C1)C2)c1ccccc1Cl. The van der Waals surface area contributed by atoms with E-state index in [2.05, 4.69) is 17.6 Å². The highest BCUT2D eigenvalue weighted by molar-refractivity contribution is 6.31. The van der Waals surface area contributed by atoms with Crippen molar-refractivity contribution in [3.05, 3.63) is 34.9 Å². The molecule has 4 bridgehead atoms. The fraction of sp³-hybridized carbons (Fsp3) is 0.667. The second kappa shape index (κ2) is 6.59. The molecule has 136 valence electrons. The van der Waals surface area contributed by atoms with Crippen LogP contribution in [0.4, 0.5) is 0 Å². The molecule has 0 radical (unpaired) electrons. The Morgan fingerprint density at radius 2 is 1.64 bits per heavy atom. The summed E-state index contributed by atoms with van der Waals surface area (Å²) < 4.78 is 0. The number of nitrogens with one attached hydrogen (secondary N) is 2. The van der Waals surface area contributed by atoms with Crippen molar-refractivity contribution in [1.82, 2.24) is 10.6 Å². The molecule has 1 aromatic rings. The fourth-order valence-electron chi connectivity index (χ4n) is 6.00. The highest BCUT2D eigenvalue weighted by atomic mass is 35.5. The number of carbonyl (C=O) groups is 1. The average Bonchev–Trinajstić information content (AvgIpc) is 2.53. The fourth-order valence-corrected chi connectivity index (χ4v) is 6.30. The van der Waals surface area contributed by atoms with Gasteiger partial charge in [0.25, 0.3) is 0 Å². The second-order valence-electron chi connectivity index (χ2n) is 8.82. The monoisotopic (exact) mass is 360 g/mol. The van der Waals surface area contributed by atoms with Crippen LogP contribution in [0, 0.1) is 17.8 Å². The predicted octanol–water partition coefficient (Wildman–Crippen LogP) is 4.46. The van der Waals surface area contributed by atoms with Gasteiger partial charge in [0.1, 0.15) is 0 Å². The maximum Gasteiger partial charge on any atom is 0.237 e. The molecule has 1 aromatic carbocycles. The van der Waals surface area contributed by atoms with Gasteiger partial charge in [-0.25, -0.2) is 0 Å². The van der Waals surface area contributed by atoms with E-state index in [0.717, 1.165) is 28.3 Å². The molecule has 0 unspecified atom stereocenters. The number of benzene rings is 1. The molecule has 4 fully saturated rings. The van der Waals surface area contributed by atoms with Crippen LogP contribution in [0.2, 0.25) is 5.02 Å². The van der Waals surface area contributed by atoms with Gasteiger partial charge in [-0.1, -0.05) is 29.8 Å². The first-order valence-corrected chi connectivity index (χ1v) is 10.1. The van der Waals surface area contributed by atoms with Gasteiger partial charge in [-0.15, -0.1) is 0 Å². The molecule has 4 saturated carbocycles. The van der Waals surface area contributed by atoms with Gasteiger partial charge in [0.2, 0.25) is 5.91 Å². The predicted molar refractivity (Wildman–Crippen MR) is 102 cm³/mol. The molecule has 0 aliphatic heterocycles. The Kier molecular flexibility index (Phi) is 4.57. The average molecular weight is 361 g/mol. The zero-order valence-corrected chi connectivity index (χ0v) is 16.0. The lowest BCUT2D eigenvalue weighted by atomic mass is 9.53. The Labute approximate surface area is 155 Å². The number of amides is 1. The van der Waals surface area contributed by atoms with Crippen LogP contribution in [0.5, 0.6) is 0 Å². The van der Waals surface area contributed by atoms with Crippen molar-refractivity contribution >= 4 is 17.5 Å². The Balaban J connectivity index is 1.39. The van der Waals surface area contributed by atoms with E-state index in [0.29, 0.717) is 0 Å². The summed E-state index contributed by atoms with van der Waals surface area (Å²) >= 11 is 6.29. The summed E-state index contributed by atoms with van der Waals surface area (Å²) in [5, 5.41) is 7.63. The van der Waals surface area contributed by atoms with Crippen molar-refractivity contribution in [2.45, 2.75) is 70.0 Å². The third-order valence-electron chi connectivity index (χ3n) is 6.69. The summed E-state index contributed by atoms with van der Waals surface area (Å²) in [5.74, 6) is 2.67. The second-order valence-corrected chi connectivity index (χ2v) is 9.23. The lowest BCUT2D eigenvalue weighted by Crippen LogP contribution is -2.62. The van der Waals surface area contributed by atoms with E-state index in [-0.39, 0.29) is 23.5 Å². The third-order valence-corrected chi connectivity index (χ3v) is 7.04. The molecule has 1 amide bonds. The zero-order chi connectivity index (χ0) is 17.6. The first-order valence-electron chi connectivity index (χ1n) is 9.76. The molecule has 4 heteroatoms. The molecule has 4 aliphatic carbocycles. The lowest BCUT2D eigenvalue weighted by Gasteiger charge is -2.57. The van der Waals surface area contributed by atoms with E-state index in [1.54, 1.807) is 0 Å². The van der Waals surface area contributed by atoms with E-state index < -0.39 is 0 Å². The molecule has 2 N–H and O–H groups in total. The number of carbonyl (C=O) groups excluding carboxylic acids is 1. The molecule has 25 heavy (non-hydrogen) atoms. The summed E-state index contributed by atoms with van der Waals surface area (Å²) in [6, 6.07) is 7.66. The number of halogens is 1. The van der Waals surface area contributed by atoms with Crippen LogP contribution in [0.25, 0.3) is 0 Å². The van der Waals surface area contributed by atoms with Crippen LogP contribution in [0.15, 0.2) is 24.3 Å². The van der Waals surface area contributed by atoms with Crippen LogP contribution < -0.4 is 10.6 Å². The van der Waals surface area contributed by atoms with Crippen LogP contribution in [-0.2, 0) is 4.79 Å². The van der Waals surface area contributed by atoms with Crippen molar-refractivity contribution in [3.8, 4) is 0 Å². The minimum atomic E-state index is -0.223. The van der Waals surface area contributed by atoms with Crippen molar-refractivity contribution in [1.29, 1.82) is 0 Å². The van der Waals surface area contributed by atoms with Gasteiger partial charge in [0, 0.05) is 16.6 Å². The smallest absolute Gasteiger partial charge is 0.237 e. The molecule has 5 rings (SSSR count). The van der Waals surface area contributed by atoms with Gasteiger partial charge in [-0.3, -0.25) is 10.1 Å². The van der Waals surface area contributed by atoms with Gasteiger partial charge in [-0.2, -0.15) is 0 Å². The minimum absolute atomic E-state index is 0.0470. The van der Waals surface area contributed by atoms with Gasteiger partial charge in [0.05, 0.1) is 6.04 Å². The summed E-state index contributed by atoms with van der Waals surface area (Å²) in [6.45, 7) is 4.03. The summed E-state index contributed by atoms with van der Waals surface area (Å²) in [6.07, 6.45) is 7.76. The topological polar surface area (TPSA) is 41.1 Å². The molecule has 0 aromatic heterocycles. The summed E-state index contributed by atoms with van der Waals surface area (Å²) in [4.78, 5) is 12.9. The van der Waals surface area contributed by atoms with E-state index in [1.165, 1.54) is 38.5 Å². The van der Waals surface area contributed by atoms with E-state index >= 15 is 0 Å².